The molecule has 4 saturated carbocycles. The zero-order chi connectivity index (χ0) is 25.0. The molecule has 4 bridgehead atoms. The van der Waals surface area contributed by atoms with Crippen LogP contribution in [0, 0.1) is 17.8 Å². The van der Waals surface area contributed by atoms with Gasteiger partial charge >= 0.3 is 12.0 Å². The minimum absolute atomic E-state index is 0.000829. The fraction of sp³-hybridized carbons (Fsp3) is 0.654. The van der Waals surface area contributed by atoms with E-state index in [1.807, 2.05) is 6.92 Å². The standard InChI is InChI=1S/C26H37N3O6/c1-16(21-11-20(33-2)4-5-22(21)34-3)28-23(30)15-35-24(31)6-7-27-25(32)29-26-12-17-8-18(13-26)10-19(9-17)14-26/h4-5,11,16-19H,6-10,12-15H2,1-3H3,(H,28,30)(H2,27,29,32). The van der Waals surface area contributed by atoms with Gasteiger partial charge in [0.25, 0.3) is 5.91 Å². The molecule has 5 rings (SSSR count). The summed E-state index contributed by atoms with van der Waals surface area (Å²) in [5.74, 6) is 2.54. The Bertz CT molecular complexity index is 914. The third-order valence-corrected chi connectivity index (χ3v) is 7.68. The molecule has 9 nitrogen and oxygen atoms in total. The van der Waals surface area contributed by atoms with Gasteiger partial charge in [-0.25, -0.2) is 4.79 Å². The minimum atomic E-state index is -0.540. The van der Waals surface area contributed by atoms with Gasteiger partial charge in [-0.05, 0) is 81.4 Å². The smallest absolute Gasteiger partial charge is 0.315 e. The highest BCUT2D eigenvalue weighted by atomic mass is 16.5. The Morgan fingerprint density at radius 3 is 2.29 bits per heavy atom. The highest BCUT2D eigenvalue weighted by Gasteiger charge is 2.51. The van der Waals surface area contributed by atoms with Gasteiger partial charge in [-0.15, -0.1) is 0 Å². The van der Waals surface area contributed by atoms with Gasteiger partial charge in [0.05, 0.1) is 26.7 Å². The van der Waals surface area contributed by atoms with Crippen molar-refractivity contribution in [1.82, 2.24) is 16.0 Å². The number of rotatable bonds is 10. The van der Waals surface area contributed by atoms with E-state index in [0.717, 1.165) is 42.6 Å². The third kappa shape index (κ3) is 6.18. The maximum atomic E-state index is 12.5. The molecule has 4 aliphatic rings. The summed E-state index contributed by atoms with van der Waals surface area (Å²) in [6, 6.07) is 4.73. The molecule has 35 heavy (non-hydrogen) atoms. The van der Waals surface area contributed by atoms with Crippen molar-refractivity contribution in [3.8, 4) is 11.5 Å². The lowest BCUT2D eigenvalue weighted by Gasteiger charge is -2.56. The molecule has 0 aromatic heterocycles. The van der Waals surface area contributed by atoms with Crippen LogP contribution < -0.4 is 25.4 Å². The number of hydrogen-bond donors (Lipinski definition) is 3. The van der Waals surface area contributed by atoms with Crippen LogP contribution in [0.25, 0.3) is 0 Å². The van der Waals surface area contributed by atoms with E-state index in [4.69, 9.17) is 14.2 Å². The highest BCUT2D eigenvalue weighted by Crippen LogP contribution is 2.55. The van der Waals surface area contributed by atoms with Gasteiger partial charge in [-0.1, -0.05) is 0 Å². The van der Waals surface area contributed by atoms with E-state index in [1.165, 1.54) is 19.3 Å². The molecule has 1 aromatic rings. The van der Waals surface area contributed by atoms with Gasteiger partial charge in [0.1, 0.15) is 11.5 Å². The summed E-state index contributed by atoms with van der Waals surface area (Å²) in [6.45, 7) is 1.58. The lowest BCUT2D eigenvalue weighted by molar-refractivity contribution is -0.148. The van der Waals surface area contributed by atoms with Gasteiger partial charge in [0.15, 0.2) is 6.61 Å². The van der Waals surface area contributed by atoms with E-state index in [-0.39, 0.29) is 30.6 Å². The van der Waals surface area contributed by atoms with Crippen LogP contribution in [0.15, 0.2) is 18.2 Å². The maximum absolute atomic E-state index is 12.5. The summed E-state index contributed by atoms with van der Waals surface area (Å²) in [5, 5.41) is 8.79. The van der Waals surface area contributed by atoms with Crippen molar-refractivity contribution < 1.29 is 28.6 Å². The number of benzene rings is 1. The number of amides is 3. The molecule has 192 valence electrons. The van der Waals surface area contributed by atoms with Crippen LogP contribution in [0.1, 0.15) is 63.5 Å². The van der Waals surface area contributed by atoms with Gasteiger partial charge < -0.3 is 30.2 Å². The molecule has 1 atom stereocenters. The van der Waals surface area contributed by atoms with E-state index in [0.29, 0.717) is 11.5 Å². The first kappa shape index (κ1) is 25.1. The summed E-state index contributed by atoms with van der Waals surface area (Å²) in [5.41, 5.74) is 0.681. The van der Waals surface area contributed by atoms with Crippen LogP contribution in [0.2, 0.25) is 0 Å². The average molecular weight is 488 g/mol. The summed E-state index contributed by atoms with van der Waals surface area (Å²) in [6.07, 6.45) is 7.16. The Kier molecular flexibility index (Phi) is 7.72. The molecule has 0 heterocycles. The molecule has 0 saturated heterocycles. The zero-order valence-electron chi connectivity index (χ0n) is 20.9. The number of methoxy groups -OCH3 is 2. The first-order valence-corrected chi connectivity index (χ1v) is 12.5. The molecule has 1 aromatic carbocycles. The molecule has 0 radical (unpaired) electrons. The van der Waals surface area contributed by atoms with Crippen LogP contribution in [-0.2, 0) is 14.3 Å². The number of hydrogen-bond acceptors (Lipinski definition) is 6. The van der Waals surface area contributed by atoms with Crippen molar-refractivity contribution in [2.45, 2.75) is 63.5 Å². The number of urea groups is 1. The Morgan fingerprint density at radius 2 is 1.69 bits per heavy atom. The second kappa shape index (κ2) is 10.7. The Balaban J connectivity index is 1.15. The molecule has 3 N–H and O–H groups in total. The Hall–Kier alpha value is -2.97. The average Bonchev–Trinajstić information content (AvgIpc) is 2.81. The van der Waals surface area contributed by atoms with E-state index >= 15 is 0 Å². The summed E-state index contributed by atoms with van der Waals surface area (Å²) in [4.78, 5) is 36.8. The third-order valence-electron chi connectivity index (χ3n) is 7.68. The predicted molar refractivity (Wildman–Crippen MR) is 129 cm³/mol. The monoisotopic (exact) mass is 487 g/mol. The molecule has 3 amide bonds. The van der Waals surface area contributed by atoms with Crippen LogP contribution in [0.3, 0.4) is 0 Å². The molecule has 4 aliphatic carbocycles. The maximum Gasteiger partial charge on any atom is 0.315 e. The normalized spacial score (nSPS) is 27.0. The van der Waals surface area contributed by atoms with Crippen molar-refractivity contribution >= 4 is 17.9 Å². The summed E-state index contributed by atoms with van der Waals surface area (Å²) < 4.78 is 15.7. The number of esters is 1. The van der Waals surface area contributed by atoms with Gasteiger partial charge in [0.2, 0.25) is 0 Å². The van der Waals surface area contributed by atoms with Gasteiger partial charge in [-0.2, -0.15) is 0 Å². The van der Waals surface area contributed by atoms with Crippen LogP contribution >= 0.6 is 0 Å². The highest BCUT2D eigenvalue weighted by molar-refractivity contribution is 5.81. The molecule has 0 spiro atoms. The van der Waals surface area contributed by atoms with Crippen molar-refractivity contribution in [3.05, 3.63) is 23.8 Å². The lowest BCUT2D eigenvalue weighted by Crippen LogP contribution is -2.61. The zero-order valence-corrected chi connectivity index (χ0v) is 20.9. The summed E-state index contributed by atoms with van der Waals surface area (Å²) in [7, 11) is 3.12. The largest absolute Gasteiger partial charge is 0.497 e. The number of nitrogens with one attached hydrogen (secondary N) is 3. The number of ether oxygens (including phenoxy) is 3. The number of carbonyl (C=O) groups is 3. The first-order chi connectivity index (χ1) is 16.8. The molecule has 4 fully saturated rings. The van der Waals surface area contributed by atoms with Crippen molar-refractivity contribution in [1.29, 1.82) is 0 Å². The van der Waals surface area contributed by atoms with E-state index in [1.54, 1.807) is 32.4 Å². The second-order valence-electron chi connectivity index (χ2n) is 10.4. The second-order valence-corrected chi connectivity index (χ2v) is 10.4. The first-order valence-electron chi connectivity index (χ1n) is 12.5. The minimum Gasteiger partial charge on any atom is -0.497 e. The SMILES string of the molecule is COc1ccc(OC)c(C(C)NC(=O)COC(=O)CCNC(=O)NC23CC4CC(CC(C4)C2)C3)c1. The van der Waals surface area contributed by atoms with Crippen molar-refractivity contribution in [2.75, 3.05) is 27.4 Å². The summed E-state index contributed by atoms with van der Waals surface area (Å²) >= 11 is 0. The van der Waals surface area contributed by atoms with Crippen molar-refractivity contribution in [2.24, 2.45) is 17.8 Å². The molecular formula is C26H37N3O6. The van der Waals surface area contributed by atoms with Gasteiger partial charge in [0, 0.05) is 17.6 Å². The Labute approximate surface area is 206 Å². The fourth-order valence-electron chi connectivity index (χ4n) is 6.58. The van der Waals surface area contributed by atoms with Gasteiger partial charge in [-0.3, -0.25) is 9.59 Å². The van der Waals surface area contributed by atoms with Crippen LogP contribution in [0.4, 0.5) is 4.79 Å². The lowest BCUT2D eigenvalue weighted by atomic mass is 9.53. The number of carbonyl (C=O) groups excluding carboxylic acids is 3. The molecule has 0 aliphatic heterocycles. The topological polar surface area (TPSA) is 115 Å². The van der Waals surface area contributed by atoms with Crippen LogP contribution in [-0.4, -0.2) is 50.8 Å². The van der Waals surface area contributed by atoms with Crippen LogP contribution in [0.5, 0.6) is 11.5 Å². The fourth-order valence-corrected chi connectivity index (χ4v) is 6.58. The Morgan fingerprint density at radius 1 is 1.03 bits per heavy atom. The van der Waals surface area contributed by atoms with E-state index in [2.05, 4.69) is 16.0 Å². The molecular weight excluding hydrogens is 450 g/mol. The molecule has 1 unspecified atom stereocenters. The van der Waals surface area contributed by atoms with E-state index < -0.39 is 18.5 Å². The van der Waals surface area contributed by atoms with E-state index in [9.17, 15) is 14.4 Å². The van der Waals surface area contributed by atoms with Crippen molar-refractivity contribution in [3.63, 3.8) is 0 Å². The molecule has 9 heteroatoms. The quantitative estimate of drug-likeness (QED) is 0.437. The predicted octanol–water partition coefficient (Wildman–Crippen LogP) is 3.08.